The van der Waals surface area contributed by atoms with E-state index >= 15 is 0 Å². The molecule has 1 heterocycles. The fourth-order valence-electron chi connectivity index (χ4n) is 2.53. The maximum Gasteiger partial charge on any atom is 0.0784 e. The highest BCUT2D eigenvalue weighted by Crippen LogP contribution is 2.24. The van der Waals surface area contributed by atoms with Gasteiger partial charge in [-0.2, -0.15) is 0 Å². The fraction of sp³-hybridized carbons (Fsp3) is 0.929. The van der Waals surface area contributed by atoms with Gasteiger partial charge in [-0.25, -0.2) is 0 Å². The Morgan fingerprint density at radius 2 is 2.00 bits per heavy atom. The van der Waals surface area contributed by atoms with E-state index in [1.165, 1.54) is 0 Å². The molecule has 1 fully saturated rings. The van der Waals surface area contributed by atoms with Crippen LogP contribution in [0.2, 0.25) is 0 Å². The maximum atomic E-state index is 9.56. The number of nitrogens with zero attached hydrogens (tertiary/aromatic N) is 1. The van der Waals surface area contributed by atoms with Crippen LogP contribution in [0.15, 0.2) is 0 Å². The van der Waals surface area contributed by atoms with Gasteiger partial charge in [-0.15, -0.1) is 0 Å². The quantitative estimate of drug-likeness (QED) is 0.728. The molecule has 0 aromatic rings. The SMILES string of the molecule is CC(O)C1CCN(CCCC(C)(C)C(N)=S)CC1. The van der Waals surface area contributed by atoms with Crippen molar-refractivity contribution in [1.82, 2.24) is 4.90 Å². The van der Waals surface area contributed by atoms with Crippen LogP contribution in [0.1, 0.15) is 46.5 Å². The van der Waals surface area contributed by atoms with Gasteiger partial charge in [0, 0.05) is 5.41 Å². The van der Waals surface area contributed by atoms with Crippen LogP contribution in [0.3, 0.4) is 0 Å². The topological polar surface area (TPSA) is 49.5 Å². The third-order valence-electron chi connectivity index (χ3n) is 4.26. The highest BCUT2D eigenvalue weighted by Gasteiger charge is 2.24. The van der Waals surface area contributed by atoms with Crippen molar-refractivity contribution in [2.45, 2.75) is 52.6 Å². The second-order valence-electron chi connectivity index (χ2n) is 6.27. The maximum absolute atomic E-state index is 9.56. The lowest BCUT2D eigenvalue weighted by molar-refractivity contribution is 0.0708. The van der Waals surface area contributed by atoms with Gasteiger partial charge in [0.15, 0.2) is 0 Å². The molecule has 3 nitrogen and oxygen atoms in total. The summed E-state index contributed by atoms with van der Waals surface area (Å²) < 4.78 is 0. The van der Waals surface area contributed by atoms with E-state index in [1.807, 2.05) is 6.92 Å². The molecule has 0 saturated carbocycles. The van der Waals surface area contributed by atoms with E-state index in [1.54, 1.807) is 0 Å². The molecular weight excluding hydrogens is 244 g/mol. The molecule has 3 N–H and O–H groups in total. The zero-order valence-electron chi connectivity index (χ0n) is 12.0. The van der Waals surface area contributed by atoms with Crippen LogP contribution in [-0.2, 0) is 0 Å². The molecule has 0 radical (unpaired) electrons. The number of thiocarbonyl (C=S) groups is 1. The lowest BCUT2D eigenvalue weighted by Crippen LogP contribution is -2.38. The Kier molecular flexibility index (Phi) is 6.02. The molecule has 0 aromatic heterocycles. The first-order valence-corrected chi connectivity index (χ1v) is 7.44. The van der Waals surface area contributed by atoms with E-state index in [0.29, 0.717) is 10.9 Å². The van der Waals surface area contributed by atoms with Crippen LogP contribution in [0.5, 0.6) is 0 Å². The van der Waals surface area contributed by atoms with Crippen molar-refractivity contribution in [3.63, 3.8) is 0 Å². The fourth-order valence-corrected chi connectivity index (χ4v) is 2.63. The third kappa shape index (κ3) is 4.82. The van der Waals surface area contributed by atoms with Gasteiger partial charge in [-0.1, -0.05) is 26.1 Å². The first kappa shape index (κ1) is 15.9. The summed E-state index contributed by atoms with van der Waals surface area (Å²) in [5.41, 5.74) is 5.71. The van der Waals surface area contributed by atoms with Gasteiger partial charge in [-0.3, -0.25) is 0 Å². The summed E-state index contributed by atoms with van der Waals surface area (Å²) in [6.07, 6.45) is 4.29. The molecule has 1 atom stereocenters. The summed E-state index contributed by atoms with van der Waals surface area (Å²) in [5, 5.41) is 9.56. The van der Waals surface area contributed by atoms with Gasteiger partial charge in [0.1, 0.15) is 0 Å². The zero-order chi connectivity index (χ0) is 13.8. The van der Waals surface area contributed by atoms with Crippen LogP contribution < -0.4 is 5.73 Å². The van der Waals surface area contributed by atoms with Crippen LogP contribution in [0.4, 0.5) is 0 Å². The monoisotopic (exact) mass is 272 g/mol. The van der Waals surface area contributed by atoms with E-state index in [9.17, 15) is 5.11 Å². The summed E-state index contributed by atoms with van der Waals surface area (Å²) in [4.78, 5) is 3.12. The summed E-state index contributed by atoms with van der Waals surface area (Å²) in [5.74, 6) is 0.495. The number of hydrogen-bond donors (Lipinski definition) is 2. The van der Waals surface area contributed by atoms with Crippen LogP contribution in [0.25, 0.3) is 0 Å². The second kappa shape index (κ2) is 6.83. The minimum absolute atomic E-state index is 0.0206. The average Bonchev–Trinajstić information content (AvgIpc) is 2.29. The molecule has 1 rings (SSSR count). The molecule has 1 aliphatic rings. The molecule has 0 amide bonds. The lowest BCUT2D eigenvalue weighted by Gasteiger charge is -2.34. The van der Waals surface area contributed by atoms with Gasteiger partial charge in [-0.05, 0) is 58.2 Å². The van der Waals surface area contributed by atoms with Crippen molar-refractivity contribution in [2.24, 2.45) is 17.1 Å². The Bertz CT molecular complexity index is 271. The lowest BCUT2D eigenvalue weighted by atomic mass is 9.87. The number of piperidine rings is 1. The van der Waals surface area contributed by atoms with Gasteiger partial charge in [0.25, 0.3) is 0 Å². The van der Waals surface area contributed by atoms with Gasteiger partial charge < -0.3 is 15.7 Å². The van der Waals surface area contributed by atoms with E-state index in [4.69, 9.17) is 18.0 Å². The number of likely N-dealkylation sites (tertiary alicyclic amines) is 1. The number of nitrogens with two attached hydrogens (primary N) is 1. The molecule has 1 unspecified atom stereocenters. The molecule has 0 bridgehead atoms. The molecule has 0 spiro atoms. The Morgan fingerprint density at radius 1 is 1.44 bits per heavy atom. The standard InChI is InChI=1S/C14H28N2OS/c1-11(17)12-5-9-16(10-6-12)8-4-7-14(2,3)13(15)18/h11-12,17H,4-10H2,1-3H3,(H2,15,18). The first-order valence-electron chi connectivity index (χ1n) is 7.03. The molecule has 1 aliphatic heterocycles. The highest BCUT2D eigenvalue weighted by atomic mass is 32.1. The van der Waals surface area contributed by atoms with E-state index < -0.39 is 0 Å². The van der Waals surface area contributed by atoms with E-state index in [0.717, 1.165) is 45.3 Å². The van der Waals surface area contributed by atoms with Crippen molar-refractivity contribution in [3.05, 3.63) is 0 Å². The minimum Gasteiger partial charge on any atom is -0.393 e. The largest absolute Gasteiger partial charge is 0.393 e. The molecule has 1 saturated heterocycles. The molecule has 106 valence electrons. The summed E-state index contributed by atoms with van der Waals surface area (Å²) in [6, 6.07) is 0. The van der Waals surface area contributed by atoms with E-state index in [-0.39, 0.29) is 11.5 Å². The Labute approximate surface area is 117 Å². The summed E-state index contributed by atoms with van der Waals surface area (Å²) in [7, 11) is 0. The van der Waals surface area contributed by atoms with E-state index in [2.05, 4.69) is 18.7 Å². The number of hydrogen-bond acceptors (Lipinski definition) is 3. The third-order valence-corrected chi connectivity index (χ3v) is 4.81. The number of rotatable bonds is 6. The van der Waals surface area contributed by atoms with Crippen molar-refractivity contribution in [3.8, 4) is 0 Å². The first-order chi connectivity index (χ1) is 8.33. The van der Waals surface area contributed by atoms with Crippen LogP contribution >= 0.6 is 12.2 Å². The van der Waals surface area contributed by atoms with Crippen molar-refractivity contribution in [2.75, 3.05) is 19.6 Å². The summed E-state index contributed by atoms with van der Waals surface area (Å²) in [6.45, 7) is 9.50. The smallest absolute Gasteiger partial charge is 0.0784 e. The predicted octanol–water partition coefficient (Wildman–Crippen LogP) is 2.17. The minimum atomic E-state index is -0.152. The molecule has 4 heteroatoms. The number of aliphatic hydroxyl groups excluding tert-OH is 1. The summed E-state index contributed by atoms with van der Waals surface area (Å²) >= 11 is 5.08. The highest BCUT2D eigenvalue weighted by molar-refractivity contribution is 7.80. The molecule has 0 aromatic carbocycles. The number of aliphatic hydroxyl groups is 1. The second-order valence-corrected chi connectivity index (χ2v) is 6.71. The molecule has 0 aliphatic carbocycles. The van der Waals surface area contributed by atoms with Gasteiger partial charge in [0.2, 0.25) is 0 Å². The van der Waals surface area contributed by atoms with Crippen LogP contribution in [-0.4, -0.2) is 40.7 Å². The van der Waals surface area contributed by atoms with Crippen LogP contribution in [0, 0.1) is 11.3 Å². The predicted molar refractivity (Wildman–Crippen MR) is 80.6 cm³/mol. The zero-order valence-corrected chi connectivity index (χ0v) is 12.8. The Balaban J connectivity index is 2.21. The van der Waals surface area contributed by atoms with Gasteiger partial charge in [0.05, 0.1) is 11.1 Å². The molecule has 18 heavy (non-hydrogen) atoms. The van der Waals surface area contributed by atoms with Crippen molar-refractivity contribution >= 4 is 17.2 Å². The Hall–Kier alpha value is -0.190. The van der Waals surface area contributed by atoms with Crippen molar-refractivity contribution < 1.29 is 5.11 Å². The Morgan fingerprint density at radius 3 is 2.44 bits per heavy atom. The normalized spacial score (nSPS) is 20.9. The van der Waals surface area contributed by atoms with Gasteiger partial charge >= 0.3 is 0 Å². The average molecular weight is 272 g/mol. The molecular formula is C14H28N2OS. The van der Waals surface area contributed by atoms with Crippen molar-refractivity contribution in [1.29, 1.82) is 0 Å².